The van der Waals surface area contributed by atoms with E-state index in [-0.39, 0.29) is 5.54 Å². The minimum absolute atomic E-state index is 0.120. The van der Waals surface area contributed by atoms with Gasteiger partial charge in [-0.2, -0.15) is 0 Å². The van der Waals surface area contributed by atoms with Crippen molar-refractivity contribution in [3.63, 3.8) is 0 Å². The Hall–Kier alpha value is -0.500. The molecule has 22 heavy (non-hydrogen) atoms. The summed E-state index contributed by atoms with van der Waals surface area (Å²) in [5.74, 6) is 1.81. The molecule has 2 nitrogen and oxygen atoms in total. The van der Waals surface area contributed by atoms with Gasteiger partial charge in [0.25, 0.3) is 0 Å². The van der Waals surface area contributed by atoms with Crippen molar-refractivity contribution in [3.8, 4) is 0 Å². The molecule has 1 fully saturated rings. The van der Waals surface area contributed by atoms with Crippen molar-refractivity contribution in [2.24, 2.45) is 11.8 Å². The maximum atomic E-state index is 4.21. The Morgan fingerprint density at radius 3 is 2.50 bits per heavy atom. The molecule has 2 heteroatoms. The zero-order chi connectivity index (χ0) is 16.8. The van der Waals surface area contributed by atoms with Crippen LogP contribution in [-0.2, 0) is 0 Å². The van der Waals surface area contributed by atoms with Crippen LogP contribution >= 0.6 is 0 Å². The third-order valence-electron chi connectivity index (χ3n) is 4.71. The SMILES string of the molecule is C=C(CN1CCC(CCCCC(C)C)CC1C)NC(C)(C)C. The van der Waals surface area contributed by atoms with E-state index in [9.17, 15) is 0 Å². The Labute approximate surface area is 139 Å². The number of nitrogens with zero attached hydrogens (tertiary/aromatic N) is 1. The quantitative estimate of drug-likeness (QED) is 0.620. The fourth-order valence-electron chi connectivity index (χ4n) is 3.62. The monoisotopic (exact) mass is 308 g/mol. The number of rotatable bonds is 8. The van der Waals surface area contributed by atoms with Gasteiger partial charge >= 0.3 is 0 Å². The first-order chi connectivity index (χ1) is 10.2. The lowest BCUT2D eigenvalue weighted by Gasteiger charge is -2.39. The number of nitrogens with one attached hydrogen (secondary N) is 1. The van der Waals surface area contributed by atoms with Crippen molar-refractivity contribution < 1.29 is 0 Å². The number of unbranched alkanes of at least 4 members (excludes halogenated alkanes) is 1. The van der Waals surface area contributed by atoms with Crippen molar-refractivity contribution in [1.82, 2.24) is 10.2 Å². The predicted molar refractivity (Wildman–Crippen MR) is 99.1 cm³/mol. The van der Waals surface area contributed by atoms with Crippen LogP contribution in [-0.4, -0.2) is 29.6 Å². The van der Waals surface area contributed by atoms with E-state index >= 15 is 0 Å². The molecule has 1 aliphatic rings. The minimum atomic E-state index is 0.120. The highest BCUT2D eigenvalue weighted by Crippen LogP contribution is 2.27. The van der Waals surface area contributed by atoms with E-state index < -0.39 is 0 Å². The van der Waals surface area contributed by atoms with Gasteiger partial charge in [0.2, 0.25) is 0 Å². The van der Waals surface area contributed by atoms with Crippen molar-refractivity contribution >= 4 is 0 Å². The van der Waals surface area contributed by atoms with E-state index in [1.165, 1.54) is 45.1 Å². The van der Waals surface area contributed by atoms with Gasteiger partial charge in [0.15, 0.2) is 0 Å². The average molecular weight is 309 g/mol. The van der Waals surface area contributed by atoms with Crippen LogP contribution in [0, 0.1) is 11.8 Å². The highest BCUT2D eigenvalue weighted by molar-refractivity contribution is 5.00. The van der Waals surface area contributed by atoms with Gasteiger partial charge < -0.3 is 5.32 Å². The molecule has 1 saturated heterocycles. The second kappa shape index (κ2) is 8.96. The highest BCUT2D eigenvalue weighted by atomic mass is 15.2. The van der Waals surface area contributed by atoms with Crippen LogP contribution in [0.15, 0.2) is 12.3 Å². The predicted octanol–water partition coefficient (Wildman–Crippen LogP) is 5.21. The first-order valence-corrected chi connectivity index (χ1v) is 9.37. The van der Waals surface area contributed by atoms with Crippen LogP contribution < -0.4 is 5.32 Å². The average Bonchev–Trinajstić information content (AvgIpc) is 2.35. The number of likely N-dealkylation sites (tertiary alicyclic amines) is 1. The van der Waals surface area contributed by atoms with Crippen molar-refractivity contribution in [3.05, 3.63) is 12.3 Å². The van der Waals surface area contributed by atoms with Crippen LogP contribution in [0.5, 0.6) is 0 Å². The summed E-state index contributed by atoms with van der Waals surface area (Å²) in [6.07, 6.45) is 8.41. The first kappa shape index (κ1) is 19.5. The van der Waals surface area contributed by atoms with Crippen LogP contribution in [0.4, 0.5) is 0 Å². The number of piperidine rings is 1. The normalized spacial score (nSPS) is 23.8. The third-order valence-corrected chi connectivity index (χ3v) is 4.71. The molecule has 1 heterocycles. The maximum Gasteiger partial charge on any atom is 0.0378 e. The van der Waals surface area contributed by atoms with E-state index in [2.05, 4.69) is 58.3 Å². The summed E-state index contributed by atoms with van der Waals surface area (Å²) in [6.45, 7) is 20.1. The molecule has 0 aromatic heterocycles. The van der Waals surface area contributed by atoms with Crippen LogP contribution in [0.2, 0.25) is 0 Å². The molecule has 0 aromatic rings. The van der Waals surface area contributed by atoms with Gasteiger partial charge in [0.05, 0.1) is 0 Å². The van der Waals surface area contributed by atoms with Crippen molar-refractivity contribution in [1.29, 1.82) is 0 Å². The molecule has 0 radical (unpaired) electrons. The molecule has 0 saturated carbocycles. The summed E-state index contributed by atoms with van der Waals surface area (Å²) < 4.78 is 0. The van der Waals surface area contributed by atoms with Gasteiger partial charge in [0.1, 0.15) is 0 Å². The Kier molecular flexibility index (Phi) is 7.96. The summed E-state index contributed by atoms with van der Waals surface area (Å²) in [6, 6.07) is 0.697. The van der Waals surface area contributed by atoms with Crippen LogP contribution in [0.1, 0.15) is 80.1 Å². The molecule has 130 valence electrons. The molecule has 2 unspecified atom stereocenters. The molecule has 0 aromatic carbocycles. The number of hydrogen-bond acceptors (Lipinski definition) is 2. The fraction of sp³-hybridized carbons (Fsp3) is 0.900. The van der Waals surface area contributed by atoms with Gasteiger partial charge in [0, 0.05) is 23.8 Å². The van der Waals surface area contributed by atoms with Gasteiger partial charge in [-0.15, -0.1) is 0 Å². The maximum absolute atomic E-state index is 4.21. The topological polar surface area (TPSA) is 15.3 Å². The molecule has 1 rings (SSSR count). The van der Waals surface area contributed by atoms with Crippen LogP contribution in [0.25, 0.3) is 0 Å². The summed E-state index contributed by atoms with van der Waals surface area (Å²) in [5, 5.41) is 3.51. The zero-order valence-electron chi connectivity index (χ0n) is 16.0. The molecule has 0 aliphatic carbocycles. The molecule has 0 amide bonds. The Bertz CT molecular complexity index is 327. The lowest BCUT2D eigenvalue weighted by Crippen LogP contribution is -2.45. The number of hydrogen-bond donors (Lipinski definition) is 1. The molecular formula is C20H40N2. The second-order valence-corrected chi connectivity index (χ2v) is 8.87. The minimum Gasteiger partial charge on any atom is -0.383 e. The van der Waals surface area contributed by atoms with Crippen LogP contribution in [0.3, 0.4) is 0 Å². The summed E-state index contributed by atoms with van der Waals surface area (Å²) in [4.78, 5) is 2.60. The van der Waals surface area contributed by atoms with Gasteiger partial charge in [-0.25, -0.2) is 0 Å². The largest absolute Gasteiger partial charge is 0.383 e. The van der Waals surface area contributed by atoms with Gasteiger partial charge in [-0.05, 0) is 58.9 Å². The highest BCUT2D eigenvalue weighted by Gasteiger charge is 2.25. The summed E-state index contributed by atoms with van der Waals surface area (Å²) in [5.41, 5.74) is 1.28. The summed E-state index contributed by atoms with van der Waals surface area (Å²) in [7, 11) is 0. The lowest BCUT2D eigenvalue weighted by atomic mass is 9.87. The Morgan fingerprint density at radius 2 is 1.95 bits per heavy atom. The zero-order valence-corrected chi connectivity index (χ0v) is 16.0. The van der Waals surface area contributed by atoms with E-state index in [1.54, 1.807) is 0 Å². The van der Waals surface area contributed by atoms with Crippen molar-refractivity contribution in [2.45, 2.75) is 91.6 Å². The fourth-order valence-corrected chi connectivity index (χ4v) is 3.62. The van der Waals surface area contributed by atoms with E-state index in [4.69, 9.17) is 0 Å². The third kappa shape index (κ3) is 8.22. The Balaban J connectivity index is 2.26. The van der Waals surface area contributed by atoms with Gasteiger partial charge in [-0.1, -0.05) is 46.1 Å². The first-order valence-electron chi connectivity index (χ1n) is 9.37. The summed E-state index contributed by atoms with van der Waals surface area (Å²) >= 11 is 0. The van der Waals surface area contributed by atoms with Gasteiger partial charge in [-0.3, -0.25) is 4.90 Å². The second-order valence-electron chi connectivity index (χ2n) is 8.87. The molecule has 1 aliphatic heterocycles. The molecule has 0 spiro atoms. The molecule has 1 N–H and O–H groups in total. The van der Waals surface area contributed by atoms with E-state index in [0.29, 0.717) is 6.04 Å². The lowest BCUT2D eigenvalue weighted by molar-refractivity contribution is 0.125. The molecule has 2 atom stereocenters. The smallest absolute Gasteiger partial charge is 0.0378 e. The Morgan fingerprint density at radius 1 is 1.27 bits per heavy atom. The molecular weight excluding hydrogens is 268 g/mol. The van der Waals surface area contributed by atoms with Crippen molar-refractivity contribution in [2.75, 3.05) is 13.1 Å². The standard InChI is InChI=1S/C20H40N2/c1-16(2)10-8-9-11-19-12-13-22(18(4)14-19)15-17(3)21-20(5,6)7/h16,18-19,21H,3,8-15H2,1-2,4-7H3. The molecule has 0 bridgehead atoms. The van der Waals surface area contributed by atoms with E-state index in [0.717, 1.165) is 24.1 Å². The van der Waals surface area contributed by atoms with E-state index in [1.807, 2.05) is 0 Å².